The molecule has 1 N–H and O–H groups in total. The van der Waals surface area contributed by atoms with Crippen LogP contribution in [-0.4, -0.2) is 49.3 Å². The van der Waals surface area contributed by atoms with E-state index in [9.17, 15) is 4.79 Å². The Balaban J connectivity index is 1.37. The van der Waals surface area contributed by atoms with Gasteiger partial charge in [-0.05, 0) is 24.3 Å². The highest BCUT2D eigenvalue weighted by atomic mass is 32.2. The van der Waals surface area contributed by atoms with Crippen LogP contribution in [0.4, 0.5) is 5.69 Å². The van der Waals surface area contributed by atoms with Gasteiger partial charge in [0.25, 0.3) is 5.22 Å². The molecule has 2 heterocycles. The number of thioether (sulfide) groups is 1. The summed E-state index contributed by atoms with van der Waals surface area (Å²) in [5.74, 6) is 2.70. The summed E-state index contributed by atoms with van der Waals surface area (Å²) < 4.78 is 27.2. The lowest BCUT2D eigenvalue weighted by molar-refractivity contribution is -0.113. The molecule has 1 aliphatic rings. The van der Waals surface area contributed by atoms with Crippen molar-refractivity contribution >= 4 is 23.4 Å². The number of aromatic nitrogens is 2. The number of hydrogen-bond donors (Lipinski definition) is 1. The minimum Gasteiger partial charge on any atom is -0.497 e. The van der Waals surface area contributed by atoms with Gasteiger partial charge in [-0.15, -0.1) is 10.2 Å². The van der Waals surface area contributed by atoms with Gasteiger partial charge in [-0.25, -0.2) is 0 Å². The molecular formula is C20H19N3O6S. The van der Waals surface area contributed by atoms with Crippen molar-refractivity contribution in [2.24, 2.45) is 0 Å². The zero-order chi connectivity index (χ0) is 20.9. The Labute approximate surface area is 176 Å². The first-order valence-corrected chi connectivity index (χ1v) is 10.0. The molecule has 0 unspecified atom stereocenters. The molecular weight excluding hydrogens is 410 g/mol. The summed E-state index contributed by atoms with van der Waals surface area (Å²) in [5, 5.41) is 11.1. The van der Waals surface area contributed by atoms with Crippen LogP contribution >= 0.6 is 11.8 Å². The number of benzene rings is 2. The third-order valence-corrected chi connectivity index (χ3v) is 4.98. The van der Waals surface area contributed by atoms with E-state index < -0.39 is 0 Å². The van der Waals surface area contributed by atoms with Crippen molar-refractivity contribution in [3.63, 3.8) is 0 Å². The van der Waals surface area contributed by atoms with Gasteiger partial charge >= 0.3 is 0 Å². The molecule has 0 saturated heterocycles. The molecule has 156 valence electrons. The monoisotopic (exact) mass is 429 g/mol. The molecule has 1 aliphatic heterocycles. The normalized spacial score (nSPS) is 12.3. The van der Waals surface area contributed by atoms with E-state index in [1.807, 2.05) is 0 Å². The van der Waals surface area contributed by atoms with Crippen molar-refractivity contribution in [2.45, 2.75) is 5.22 Å². The van der Waals surface area contributed by atoms with Crippen LogP contribution < -0.4 is 24.3 Å². The molecule has 0 spiro atoms. The van der Waals surface area contributed by atoms with Gasteiger partial charge in [-0.2, -0.15) is 0 Å². The highest BCUT2D eigenvalue weighted by molar-refractivity contribution is 7.99. The van der Waals surface area contributed by atoms with Crippen molar-refractivity contribution in [3.05, 3.63) is 36.4 Å². The highest BCUT2D eigenvalue weighted by Crippen LogP contribution is 2.33. The SMILES string of the molecule is COc1cc(OC)cc(-c2nnc(SCC(=O)Nc3ccc4c(c3)OCCO4)o2)c1. The number of rotatable bonds is 7. The lowest BCUT2D eigenvalue weighted by atomic mass is 10.2. The van der Waals surface area contributed by atoms with E-state index >= 15 is 0 Å². The van der Waals surface area contributed by atoms with Crippen LogP contribution in [0.5, 0.6) is 23.0 Å². The van der Waals surface area contributed by atoms with Crippen molar-refractivity contribution in [2.75, 3.05) is 38.5 Å². The molecule has 0 saturated carbocycles. The number of nitrogens with one attached hydrogen (secondary N) is 1. The van der Waals surface area contributed by atoms with Crippen molar-refractivity contribution < 1.29 is 28.2 Å². The van der Waals surface area contributed by atoms with Crippen LogP contribution in [0.2, 0.25) is 0 Å². The lowest BCUT2D eigenvalue weighted by Crippen LogP contribution is -2.17. The number of carbonyl (C=O) groups excluding carboxylic acids is 1. The van der Waals surface area contributed by atoms with Crippen molar-refractivity contribution in [1.82, 2.24) is 10.2 Å². The predicted molar refractivity (Wildman–Crippen MR) is 110 cm³/mol. The predicted octanol–water partition coefficient (Wildman–Crippen LogP) is 3.26. The van der Waals surface area contributed by atoms with Gasteiger partial charge in [0.1, 0.15) is 24.7 Å². The Morgan fingerprint density at radius 3 is 2.50 bits per heavy atom. The van der Waals surface area contributed by atoms with Crippen LogP contribution in [0.15, 0.2) is 46.0 Å². The zero-order valence-corrected chi connectivity index (χ0v) is 17.2. The largest absolute Gasteiger partial charge is 0.497 e. The number of hydrogen-bond acceptors (Lipinski definition) is 9. The van der Waals surface area contributed by atoms with Gasteiger partial charge in [0.15, 0.2) is 11.5 Å². The number of ether oxygens (including phenoxy) is 4. The zero-order valence-electron chi connectivity index (χ0n) is 16.3. The molecule has 1 aromatic heterocycles. The Morgan fingerprint density at radius 2 is 1.77 bits per heavy atom. The molecule has 10 heteroatoms. The van der Waals surface area contributed by atoms with Gasteiger partial charge in [0.2, 0.25) is 11.8 Å². The fourth-order valence-corrected chi connectivity index (χ4v) is 3.32. The van der Waals surface area contributed by atoms with Gasteiger partial charge in [-0.3, -0.25) is 4.79 Å². The molecule has 2 aromatic carbocycles. The summed E-state index contributed by atoms with van der Waals surface area (Å²) in [6.07, 6.45) is 0. The van der Waals surface area contributed by atoms with Crippen LogP contribution in [0.3, 0.4) is 0 Å². The summed E-state index contributed by atoms with van der Waals surface area (Å²) in [7, 11) is 3.13. The van der Waals surface area contributed by atoms with E-state index in [0.717, 1.165) is 11.8 Å². The van der Waals surface area contributed by atoms with E-state index in [1.165, 1.54) is 0 Å². The van der Waals surface area contributed by atoms with Crippen LogP contribution in [0.1, 0.15) is 0 Å². The van der Waals surface area contributed by atoms with Crippen LogP contribution in [0.25, 0.3) is 11.5 Å². The topological polar surface area (TPSA) is 105 Å². The summed E-state index contributed by atoms with van der Waals surface area (Å²) in [6, 6.07) is 10.5. The summed E-state index contributed by atoms with van der Waals surface area (Å²) in [4.78, 5) is 12.3. The van der Waals surface area contributed by atoms with Gasteiger partial charge in [-0.1, -0.05) is 11.8 Å². The first kappa shape index (κ1) is 19.9. The molecule has 9 nitrogen and oxygen atoms in total. The van der Waals surface area contributed by atoms with E-state index in [1.54, 1.807) is 50.6 Å². The Kier molecular flexibility index (Phi) is 5.94. The summed E-state index contributed by atoms with van der Waals surface area (Å²) >= 11 is 1.14. The Morgan fingerprint density at radius 1 is 1.03 bits per heavy atom. The molecule has 30 heavy (non-hydrogen) atoms. The van der Waals surface area contributed by atoms with Gasteiger partial charge in [0.05, 0.1) is 20.0 Å². The second-order valence-electron chi connectivity index (χ2n) is 6.17. The van der Waals surface area contributed by atoms with Gasteiger partial charge < -0.3 is 28.7 Å². The standard InChI is InChI=1S/C20H19N3O6S/c1-25-14-7-12(8-15(10-14)26-2)19-22-23-20(29-19)30-11-18(24)21-13-3-4-16-17(9-13)28-6-5-27-16/h3-4,7-10H,5-6,11H2,1-2H3,(H,21,24). The maximum atomic E-state index is 12.3. The number of amides is 1. The average Bonchev–Trinajstić information content (AvgIpc) is 3.26. The maximum absolute atomic E-state index is 12.3. The van der Waals surface area contributed by atoms with E-state index in [0.29, 0.717) is 53.4 Å². The highest BCUT2D eigenvalue weighted by Gasteiger charge is 2.15. The maximum Gasteiger partial charge on any atom is 0.277 e. The third-order valence-electron chi connectivity index (χ3n) is 4.16. The van der Waals surface area contributed by atoms with Crippen molar-refractivity contribution in [1.29, 1.82) is 0 Å². The number of fused-ring (bicyclic) bond motifs is 1. The van der Waals surface area contributed by atoms with Crippen LogP contribution in [-0.2, 0) is 4.79 Å². The molecule has 3 aromatic rings. The molecule has 0 fully saturated rings. The molecule has 0 atom stereocenters. The van der Waals surface area contributed by atoms with E-state index in [2.05, 4.69) is 15.5 Å². The Bertz CT molecular complexity index is 1030. The second-order valence-corrected chi connectivity index (χ2v) is 7.10. The number of carbonyl (C=O) groups is 1. The minimum atomic E-state index is -0.209. The minimum absolute atomic E-state index is 0.109. The van der Waals surface area contributed by atoms with E-state index in [-0.39, 0.29) is 16.9 Å². The lowest BCUT2D eigenvalue weighted by Gasteiger charge is -2.18. The second kappa shape index (κ2) is 8.95. The quantitative estimate of drug-likeness (QED) is 0.567. The van der Waals surface area contributed by atoms with Crippen molar-refractivity contribution in [3.8, 4) is 34.5 Å². The fourth-order valence-electron chi connectivity index (χ4n) is 2.76. The first-order valence-electron chi connectivity index (χ1n) is 9.04. The smallest absolute Gasteiger partial charge is 0.277 e. The number of methoxy groups -OCH3 is 2. The fraction of sp³-hybridized carbons (Fsp3) is 0.250. The van der Waals surface area contributed by atoms with Gasteiger partial charge in [0, 0.05) is 23.4 Å². The van der Waals surface area contributed by atoms with E-state index in [4.69, 9.17) is 23.4 Å². The number of nitrogens with zero attached hydrogens (tertiary/aromatic N) is 2. The average molecular weight is 429 g/mol. The molecule has 0 bridgehead atoms. The third kappa shape index (κ3) is 4.60. The summed E-state index contributed by atoms with van der Waals surface area (Å²) in [5.41, 5.74) is 1.28. The molecule has 0 radical (unpaired) electrons. The summed E-state index contributed by atoms with van der Waals surface area (Å²) in [6.45, 7) is 1.00. The number of anilines is 1. The Hall–Kier alpha value is -3.40. The molecule has 1 amide bonds. The molecule has 0 aliphatic carbocycles. The first-order chi connectivity index (χ1) is 14.6. The molecule has 4 rings (SSSR count). The van der Waals surface area contributed by atoms with Crippen LogP contribution in [0, 0.1) is 0 Å².